The third-order valence-corrected chi connectivity index (χ3v) is 7.81. The summed E-state index contributed by atoms with van der Waals surface area (Å²) in [6, 6.07) is 5.90. The molecule has 2 N–H and O–H groups in total. The Bertz CT molecular complexity index is 1380. The number of esters is 1. The van der Waals surface area contributed by atoms with Crippen LogP contribution in [0.5, 0.6) is 5.75 Å². The maximum atomic E-state index is 13.3. The Morgan fingerprint density at radius 3 is 2.62 bits per heavy atom. The Balaban J connectivity index is 1.97. The summed E-state index contributed by atoms with van der Waals surface area (Å²) < 4.78 is 72.8. The van der Waals surface area contributed by atoms with Gasteiger partial charge in [-0.05, 0) is 45.8 Å². The number of rotatable bonds is 0. The largest absolute Gasteiger partial charge is 0.505 e. The molecule has 1 aromatic heterocycles. The number of benzene rings is 2. The molecule has 3 aromatic rings. The lowest BCUT2D eigenvalue weighted by Gasteiger charge is -2.13. The Morgan fingerprint density at radius 1 is 1.22 bits per heavy atom. The molecule has 2 heterocycles. The van der Waals surface area contributed by atoms with Crippen molar-refractivity contribution in [3.05, 3.63) is 56.1 Å². The van der Waals surface area contributed by atoms with Crippen LogP contribution in [0.2, 0.25) is 5.02 Å². The topological polar surface area (TPSA) is 106 Å². The lowest BCUT2D eigenvalue weighted by atomic mass is 10.1. The smallest absolute Gasteiger partial charge is 0.443 e. The lowest BCUT2D eigenvalue weighted by molar-refractivity contribution is -0.137. The summed E-state index contributed by atoms with van der Waals surface area (Å²) >= 11 is 9.39. The number of alkyl halides is 3. The maximum Gasteiger partial charge on any atom is 0.443 e. The van der Waals surface area contributed by atoms with Crippen LogP contribution >= 0.6 is 38.9 Å². The van der Waals surface area contributed by atoms with Crippen LogP contribution in [0.3, 0.4) is 0 Å². The number of phenolic OH excluding ortho intramolecular Hbond substituents is 1. The number of cyclic esters (lactones) is 1. The molecule has 4 rings (SSSR count). The van der Waals surface area contributed by atoms with E-state index >= 15 is 0 Å². The van der Waals surface area contributed by atoms with E-state index < -0.39 is 44.4 Å². The molecule has 0 fully saturated rings. The first-order valence-corrected chi connectivity index (χ1v) is 11.9. The van der Waals surface area contributed by atoms with Gasteiger partial charge in [0.1, 0.15) is 17.3 Å². The van der Waals surface area contributed by atoms with Gasteiger partial charge in [-0.1, -0.05) is 17.7 Å². The average Bonchev–Trinajstić information content (AvgIpc) is 3.13. The first kappa shape index (κ1) is 22.8. The zero-order valence-corrected chi connectivity index (χ0v) is 19.3. The Morgan fingerprint density at radius 2 is 1.94 bits per heavy atom. The fourth-order valence-electron chi connectivity index (χ4n) is 2.85. The summed E-state index contributed by atoms with van der Waals surface area (Å²) in [4.78, 5) is 15.5. The fourth-order valence-corrected chi connectivity index (χ4v) is 5.81. The summed E-state index contributed by atoms with van der Waals surface area (Å²) in [7, 11) is -4.47. The molecule has 0 atom stereocenters. The van der Waals surface area contributed by atoms with E-state index in [0.717, 1.165) is 12.1 Å². The lowest BCUT2D eigenvalue weighted by Crippen LogP contribution is -2.15. The number of thiazole rings is 1. The first-order chi connectivity index (χ1) is 14.9. The van der Waals surface area contributed by atoms with Gasteiger partial charge in [0.15, 0.2) is 5.01 Å². The number of ether oxygens (including phenoxy) is 1. The quantitative estimate of drug-likeness (QED) is 0.350. The highest BCUT2D eigenvalue weighted by atomic mass is 79.9. The molecule has 7 nitrogen and oxygen atoms in total. The van der Waals surface area contributed by atoms with Crippen LogP contribution in [0.25, 0.3) is 10.4 Å². The van der Waals surface area contributed by atoms with E-state index in [2.05, 4.69) is 25.6 Å². The number of aromatic nitrogens is 1. The molecule has 14 heteroatoms. The van der Waals surface area contributed by atoms with Crippen molar-refractivity contribution in [2.24, 2.45) is 0 Å². The highest BCUT2D eigenvalue weighted by Crippen LogP contribution is 2.42. The van der Waals surface area contributed by atoms with Gasteiger partial charge in [0, 0.05) is 0 Å². The highest BCUT2D eigenvalue weighted by molar-refractivity contribution is 9.10. The number of anilines is 1. The van der Waals surface area contributed by atoms with Gasteiger partial charge >= 0.3 is 12.1 Å². The summed E-state index contributed by atoms with van der Waals surface area (Å²) in [5.41, 5.74) is -0.406. The zero-order chi connectivity index (χ0) is 23.4. The van der Waals surface area contributed by atoms with Gasteiger partial charge in [-0.15, -0.1) is 11.3 Å². The van der Waals surface area contributed by atoms with Crippen molar-refractivity contribution in [3.8, 4) is 16.2 Å². The van der Waals surface area contributed by atoms with Crippen LogP contribution < -0.4 is 4.72 Å². The van der Waals surface area contributed by atoms with Gasteiger partial charge in [-0.25, -0.2) is 18.2 Å². The van der Waals surface area contributed by atoms with Gasteiger partial charge in [0.05, 0.1) is 31.3 Å². The maximum absolute atomic E-state index is 13.3. The van der Waals surface area contributed by atoms with Crippen LogP contribution in [0.15, 0.2) is 39.7 Å². The van der Waals surface area contributed by atoms with E-state index in [-0.39, 0.29) is 36.9 Å². The predicted molar refractivity (Wildman–Crippen MR) is 113 cm³/mol. The van der Waals surface area contributed by atoms with Gasteiger partial charge in [-0.2, -0.15) is 13.2 Å². The molecule has 1 aliphatic heterocycles. The average molecular weight is 570 g/mol. The molecule has 0 saturated carbocycles. The van der Waals surface area contributed by atoms with Crippen LogP contribution in [0.4, 0.5) is 18.9 Å². The van der Waals surface area contributed by atoms with Crippen molar-refractivity contribution in [1.29, 1.82) is 0 Å². The zero-order valence-electron chi connectivity index (χ0n) is 15.3. The van der Waals surface area contributed by atoms with Crippen molar-refractivity contribution in [2.45, 2.75) is 17.7 Å². The summed E-state index contributed by atoms with van der Waals surface area (Å²) in [6.45, 7) is -0.604. The van der Waals surface area contributed by atoms with Crippen LogP contribution in [-0.2, 0) is 27.5 Å². The van der Waals surface area contributed by atoms with Crippen LogP contribution in [0, 0.1) is 0 Å². The fraction of sp³-hybridized carbons (Fsp3) is 0.111. The molecule has 0 saturated heterocycles. The normalized spacial score (nSPS) is 15.5. The minimum absolute atomic E-state index is 0.0252. The number of carbonyl (C=O) groups excluding carboxylic acids is 1. The third kappa shape index (κ3) is 4.17. The van der Waals surface area contributed by atoms with Crippen molar-refractivity contribution < 1.29 is 36.2 Å². The number of hydrogen-bond acceptors (Lipinski definition) is 7. The predicted octanol–water partition coefficient (Wildman–Crippen LogP) is 5.42. The molecule has 0 unspecified atom stereocenters. The number of hydrogen-bond donors (Lipinski definition) is 2. The summed E-state index contributed by atoms with van der Waals surface area (Å²) in [6.07, 6.45) is -4.74. The van der Waals surface area contributed by atoms with Gasteiger partial charge < -0.3 is 9.84 Å². The molecule has 0 radical (unpaired) electrons. The van der Waals surface area contributed by atoms with E-state index in [0.29, 0.717) is 11.3 Å². The Kier molecular flexibility index (Phi) is 5.64. The van der Waals surface area contributed by atoms with Crippen molar-refractivity contribution in [3.63, 3.8) is 0 Å². The second-order valence-electron chi connectivity index (χ2n) is 6.47. The molecule has 2 aromatic carbocycles. The molecule has 0 aliphatic carbocycles. The number of nitrogens with one attached hydrogen (secondary N) is 1. The number of halogens is 5. The number of fused-ring (bicyclic) bond motifs is 6. The standard InChI is InChI=1S/C18H9BrClF3N2O5S2/c19-9-3-8-5-13(14(9)26)32(28,29)25-11-4-7(1-2-10(11)20)15-12(6-30-16(8)27)24-17(31-15)18(21,22)23/h1-5,25-26H,6H2. The molecular weight excluding hydrogens is 561 g/mol. The molecule has 1 aliphatic rings. The molecule has 0 spiro atoms. The van der Waals surface area contributed by atoms with Crippen molar-refractivity contribution >= 4 is 60.5 Å². The van der Waals surface area contributed by atoms with Crippen molar-refractivity contribution in [1.82, 2.24) is 4.98 Å². The molecule has 4 bridgehead atoms. The summed E-state index contributed by atoms with van der Waals surface area (Å²) in [5.74, 6) is -1.69. The Labute approximate surface area is 196 Å². The molecular formula is C18H9BrClF3N2O5S2. The first-order valence-electron chi connectivity index (χ1n) is 8.46. The SMILES string of the molecule is O=C1OCc2nc(C(F)(F)F)sc2-c2ccc(Cl)c(c2)NS(=O)(=O)c2cc1cc(Br)c2O. The minimum atomic E-state index is -4.74. The van der Waals surface area contributed by atoms with Gasteiger partial charge in [0.25, 0.3) is 10.0 Å². The van der Waals surface area contributed by atoms with E-state index in [1.54, 1.807) is 0 Å². The number of sulfonamides is 1. The Hall–Kier alpha value is -2.35. The highest BCUT2D eigenvalue weighted by Gasteiger charge is 2.36. The van der Waals surface area contributed by atoms with E-state index in [1.165, 1.54) is 18.2 Å². The molecule has 168 valence electrons. The molecule has 32 heavy (non-hydrogen) atoms. The molecule has 0 amide bonds. The van der Waals surface area contributed by atoms with Crippen LogP contribution in [0.1, 0.15) is 21.1 Å². The second kappa shape index (κ2) is 7.90. The van der Waals surface area contributed by atoms with Gasteiger partial charge in [0.2, 0.25) is 0 Å². The number of nitrogens with zero attached hydrogens (tertiary/aromatic N) is 1. The van der Waals surface area contributed by atoms with E-state index in [4.69, 9.17) is 16.3 Å². The van der Waals surface area contributed by atoms with Gasteiger partial charge in [-0.3, -0.25) is 4.72 Å². The monoisotopic (exact) mass is 568 g/mol. The second-order valence-corrected chi connectivity index (χ2v) is 10.4. The van der Waals surface area contributed by atoms with E-state index in [1.807, 2.05) is 0 Å². The minimum Gasteiger partial charge on any atom is -0.505 e. The summed E-state index contributed by atoms with van der Waals surface area (Å²) in [5, 5.41) is 9.03. The third-order valence-electron chi connectivity index (χ3n) is 4.31. The van der Waals surface area contributed by atoms with Crippen molar-refractivity contribution in [2.75, 3.05) is 4.72 Å². The number of aromatic hydroxyl groups is 1. The van der Waals surface area contributed by atoms with E-state index in [9.17, 15) is 31.5 Å². The van der Waals surface area contributed by atoms with Crippen LogP contribution in [-0.4, -0.2) is 24.5 Å². The number of phenols is 1. The number of carbonyl (C=O) groups is 1.